The number of allylic oxidation sites excluding steroid dienone is 2. The van der Waals surface area contributed by atoms with Crippen molar-refractivity contribution in [2.24, 2.45) is 5.41 Å². The van der Waals surface area contributed by atoms with Crippen LogP contribution in [0.15, 0.2) is 34.4 Å². The van der Waals surface area contributed by atoms with Crippen LogP contribution in [-0.4, -0.2) is 22.6 Å². The Balaban J connectivity index is 1.35. The lowest BCUT2D eigenvalue weighted by Gasteiger charge is -2.51. The fourth-order valence-corrected chi connectivity index (χ4v) is 4.88. The van der Waals surface area contributed by atoms with Crippen LogP contribution in [0.5, 0.6) is 0 Å². The molecule has 0 saturated heterocycles. The molecule has 2 saturated carbocycles. The van der Waals surface area contributed by atoms with E-state index in [9.17, 15) is 10.1 Å². The molecule has 4 aliphatic carbocycles. The molecular formula is C24H26N4O2. The normalized spacial score (nSPS) is 19.2. The van der Waals surface area contributed by atoms with Gasteiger partial charge in [0.2, 0.25) is 5.91 Å². The predicted octanol–water partition coefficient (Wildman–Crippen LogP) is 4.98. The highest BCUT2D eigenvalue weighted by Gasteiger charge is 2.48. The van der Waals surface area contributed by atoms with Crippen molar-refractivity contribution >= 4 is 17.2 Å². The summed E-state index contributed by atoms with van der Waals surface area (Å²) in [6.07, 6.45) is 7.58. The van der Waals surface area contributed by atoms with Crippen LogP contribution in [0.25, 0.3) is 5.57 Å². The number of nitrogens with zero attached hydrogens (tertiary/aromatic N) is 4. The smallest absolute Gasteiger partial charge is 0.253 e. The second-order valence-corrected chi connectivity index (χ2v) is 9.06. The minimum atomic E-state index is 0.115. The number of aromatic nitrogens is 2. The number of fused-ring (bicyclic) bond motifs is 2. The van der Waals surface area contributed by atoms with Gasteiger partial charge in [0.1, 0.15) is 0 Å². The first kappa shape index (κ1) is 19.0. The maximum Gasteiger partial charge on any atom is 0.253 e. The molecule has 1 aromatic carbocycles. The van der Waals surface area contributed by atoms with Gasteiger partial charge in [0.05, 0.1) is 11.6 Å². The number of rotatable bonds is 7. The summed E-state index contributed by atoms with van der Waals surface area (Å²) < 4.78 is 5.57. The lowest BCUT2D eigenvalue weighted by Crippen LogP contribution is -2.48. The van der Waals surface area contributed by atoms with Crippen LogP contribution in [0, 0.1) is 16.7 Å². The average Bonchev–Trinajstić information content (AvgIpc) is 3.48. The molecule has 0 N–H and O–H groups in total. The van der Waals surface area contributed by atoms with Crippen molar-refractivity contribution in [1.82, 2.24) is 10.1 Å². The van der Waals surface area contributed by atoms with Crippen LogP contribution in [0.2, 0.25) is 0 Å². The number of nitriles is 1. The molecule has 6 heteroatoms. The first-order valence-corrected chi connectivity index (χ1v) is 11.0. The second-order valence-electron chi connectivity index (χ2n) is 9.06. The SMILES string of the molecule is CCCC(=O)N(CC12CCC(c3nc(C4CC4)no3)=C(C1)C2)c1cccc(C#N)c1. The number of hydrogen-bond donors (Lipinski definition) is 0. The van der Waals surface area contributed by atoms with Crippen molar-refractivity contribution in [3.8, 4) is 6.07 Å². The van der Waals surface area contributed by atoms with Crippen molar-refractivity contribution in [2.75, 3.05) is 11.4 Å². The third-order valence-corrected chi connectivity index (χ3v) is 6.70. The highest BCUT2D eigenvalue weighted by molar-refractivity contribution is 5.93. The van der Waals surface area contributed by atoms with E-state index in [4.69, 9.17) is 4.52 Å². The molecule has 0 atom stereocenters. The van der Waals surface area contributed by atoms with E-state index in [1.54, 1.807) is 6.07 Å². The maximum atomic E-state index is 12.9. The quantitative estimate of drug-likeness (QED) is 0.652. The summed E-state index contributed by atoms with van der Waals surface area (Å²) in [4.78, 5) is 19.5. The van der Waals surface area contributed by atoms with E-state index in [1.807, 2.05) is 30.0 Å². The summed E-state index contributed by atoms with van der Waals surface area (Å²) in [6.45, 7) is 2.73. The van der Waals surface area contributed by atoms with E-state index in [-0.39, 0.29) is 11.3 Å². The van der Waals surface area contributed by atoms with Crippen molar-refractivity contribution in [3.05, 3.63) is 47.1 Å². The fourth-order valence-electron chi connectivity index (χ4n) is 4.88. The van der Waals surface area contributed by atoms with Crippen LogP contribution in [-0.2, 0) is 4.79 Å². The number of benzene rings is 1. The van der Waals surface area contributed by atoms with Gasteiger partial charge in [-0.25, -0.2) is 0 Å². The first-order valence-electron chi connectivity index (χ1n) is 11.0. The number of anilines is 1. The number of amides is 1. The summed E-state index contributed by atoms with van der Waals surface area (Å²) >= 11 is 0. The molecule has 0 spiro atoms. The minimum Gasteiger partial charge on any atom is -0.334 e. The van der Waals surface area contributed by atoms with Crippen molar-refractivity contribution in [1.29, 1.82) is 5.26 Å². The first-order chi connectivity index (χ1) is 14.6. The number of carbonyl (C=O) groups is 1. The lowest BCUT2D eigenvalue weighted by molar-refractivity contribution is -0.119. The van der Waals surface area contributed by atoms with E-state index in [0.29, 0.717) is 30.3 Å². The van der Waals surface area contributed by atoms with Gasteiger partial charge in [-0.3, -0.25) is 4.79 Å². The third-order valence-electron chi connectivity index (χ3n) is 6.70. The van der Waals surface area contributed by atoms with Crippen LogP contribution in [0.4, 0.5) is 5.69 Å². The van der Waals surface area contributed by atoms with E-state index in [0.717, 1.165) is 43.6 Å². The van der Waals surface area contributed by atoms with Crippen LogP contribution >= 0.6 is 0 Å². The molecule has 0 radical (unpaired) electrons. The third kappa shape index (κ3) is 3.43. The molecule has 0 aliphatic heterocycles. The summed E-state index contributed by atoms with van der Waals surface area (Å²) in [5, 5.41) is 13.4. The van der Waals surface area contributed by atoms with Gasteiger partial charge in [-0.05, 0) is 68.6 Å². The minimum absolute atomic E-state index is 0.115. The molecule has 1 aromatic heterocycles. The Kier molecular flexibility index (Phi) is 4.69. The second kappa shape index (κ2) is 7.39. The Bertz CT molecular complexity index is 1050. The van der Waals surface area contributed by atoms with E-state index < -0.39 is 0 Å². The Morgan fingerprint density at radius 1 is 1.37 bits per heavy atom. The monoisotopic (exact) mass is 402 g/mol. The van der Waals surface area contributed by atoms with Crippen molar-refractivity contribution in [3.63, 3.8) is 0 Å². The molecule has 154 valence electrons. The summed E-state index contributed by atoms with van der Waals surface area (Å²) in [6, 6.07) is 9.58. The Morgan fingerprint density at radius 3 is 2.87 bits per heavy atom. The standard InChI is InChI=1S/C24H26N4O2/c1-2-4-21(29)28(19-6-3-5-16(11-19)14-25)15-24-10-9-20(18(12-24)13-24)23-26-22(27-30-23)17-7-8-17/h3,5-6,11,17H,2,4,7-10,12-13,15H2,1H3. The highest BCUT2D eigenvalue weighted by atomic mass is 16.5. The Labute approximate surface area is 176 Å². The molecular weight excluding hydrogens is 376 g/mol. The van der Waals surface area contributed by atoms with Gasteiger partial charge in [0.15, 0.2) is 5.82 Å². The van der Waals surface area contributed by atoms with Gasteiger partial charge in [-0.1, -0.05) is 23.7 Å². The number of carbonyl (C=O) groups excluding carboxylic acids is 1. The molecule has 4 aliphatic rings. The molecule has 0 unspecified atom stereocenters. The van der Waals surface area contributed by atoms with Crippen LogP contribution in [0.1, 0.15) is 81.5 Å². The molecule has 2 bridgehead atoms. The predicted molar refractivity (Wildman–Crippen MR) is 113 cm³/mol. The zero-order valence-corrected chi connectivity index (χ0v) is 17.4. The van der Waals surface area contributed by atoms with Gasteiger partial charge in [-0.2, -0.15) is 10.2 Å². The van der Waals surface area contributed by atoms with Gasteiger partial charge in [0.25, 0.3) is 5.89 Å². The lowest BCUT2D eigenvalue weighted by atomic mass is 9.57. The van der Waals surface area contributed by atoms with Crippen molar-refractivity contribution < 1.29 is 9.32 Å². The summed E-state index contributed by atoms with van der Waals surface area (Å²) in [7, 11) is 0. The van der Waals surface area contributed by atoms with E-state index >= 15 is 0 Å². The molecule has 1 heterocycles. The maximum absolute atomic E-state index is 12.9. The van der Waals surface area contributed by atoms with Gasteiger partial charge >= 0.3 is 0 Å². The zero-order chi connectivity index (χ0) is 20.7. The van der Waals surface area contributed by atoms with Crippen LogP contribution in [0.3, 0.4) is 0 Å². The topological polar surface area (TPSA) is 83.0 Å². The molecule has 2 aromatic rings. The Morgan fingerprint density at radius 2 is 2.20 bits per heavy atom. The molecule has 1 amide bonds. The molecule has 30 heavy (non-hydrogen) atoms. The van der Waals surface area contributed by atoms with Gasteiger partial charge in [-0.15, -0.1) is 0 Å². The van der Waals surface area contributed by atoms with Gasteiger partial charge in [0, 0.05) is 30.1 Å². The molecule has 6 rings (SSSR count). The van der Waals surface area contributed by atoms with E-state index in [2.05, 4.69) is 16.2 Å². The van der Waals surface area contributed by atoms with Crippen molar-refractivity contribution in [2.45, 2.75) is 64.2 Å². The molecule has 6 nitrogen and oxygen atoms in total. The van der Waals surface area contributed by atoms with E-state index in [1.165, 1.54) is 24.0 Å². The molecule has 2 fully saturated rings. The average molecular weight is 402 g/mol. The highest BCUT2D eigenvalue weighted by Crippen LogP contribution is 2.57. The number of hydrogen-bond acceptors (Lipinski definition) is 5. The Hall–Kier alpha value is -2.94. The summed E-state index contributed by atoms with van der Waals surface area (Å²) in [5.41, 5.74) is 4.16. The zero-order valence-electron chi connectivity index (χ0n) is 17.4. The largest absolute Gasteiger partial charge is 0.334 e. The summed E-state index contributed by atoms with van der Waals surface area (Å²) in [5.74, 6) is 2.21. The van der Waals surface area contributed by atoms with Crippen LogP contribution < -0.4 is 4.90 Å². The van der Waals surface area contributed by atoms with Gasteiger partial charge < -0.3 is 9.42 Å². The fraction of sp³-hybridized carbons (Fsp3) is 0.500.